The topological polar surface area (TPSA) is 95.0 Å². The third-order valence-corrected chi connectivity index (χ3v) is 8.53. The summed E-state index contributed by atoms with van der Waals surface area (Å²) in [7, 11) is 1.92. The van der Waals surface area contributed by atoms with Crippen LogP contribution in [-0.2, 0) is 4.84 Å². The molecule has 0 amide bonds. The third kappa shape index (κ3) is 6.74. The second-order valence-corrected chi connectivity index (χ2v) is 11.2. The predicted octanol–water partition coefficient (Wildman–Crippen LogP) is 4.77. The summed E-state index contributed by atoms with van der Waals surface area (Å²) < 4.78 is 6.28. The van der Waals surface area contributed by atoms with Crippen LogP contribution in [0.1, 0.15) is 18.5 Å². The van der Waals surface area contributed by atoms with E-state index in [-0.39, 0.29) is 11.9 Å². The number of aliphatic hydroxyl groups excluding tert-OH is 1. The van der Waals surface area contributed by atoms with Gasteiger partial charge >= 0.3 is 0 Å². The van der Waals surface area contributed by atoms with Crippen molar-refractivity contribution in [1.82, 2.24) is 25.5 Å². The van der Waals surface area contributed by atoms with E-state index in [9.17, 15) is 5.11 Å². The van der Waals surface area contributed by atoms with Crippen molar-refractivity contribution in [3.05, 3.63) is 65.6 Å². The number of pyridine rings is 1. The summed E-state index contributed by atoms with van der Waals surface area (Å²) in [4.78, 5) is 18.4. The van der Waals surface area contributed by atoms with Crippen LogP contribution in [0.15, 0.2) is 64.8 Å². The highest BCUT2D eigenvalue weighted by molar-refractivity contribution is 8.00. The zero-order valence-electron chi connectivity index (χ0n) is 21.0. The summed E-state index contributed by atoms with van der Waals surface area (Å²) in [6.07, 6.45) is 5.96. The second-order valence-electron chi connectivity index (χ2n) is 9.13. The van der Waals surface area contributed by atoms with E-state index >= 15 is 0 Å². The summed E-state index contributed by atoms with van der Waals surface area (Å²) in [5.41, 5.74) is 3.87. The molecule has 0 spiro atoms. The molecule has 1 aromatic carbocycles. The number of ether oxygens (including phenoxy) is 1. The van der Waals surface area contributed by atoms with Crippen LogP contribution in [0, 0.1) is 12.8 Å². The quantitative estimate of drug-likeness (QED) is 0.312. The van der Waals surface area contributed by atoms with Crippen molar-refractivity contribution in [2.45, 2.75) is 29.9 Å². The SMILES string of the molecule is Cc1csc(Nc2ncc(SC(C3=CN(C)NO3)C3CCN(CCO)CC3)cc2Oc2ccccc2)n1. The van der Waals surface area contributed by atoms with Gasteiger partial charge in [-0.15, -0.1) is 23.1 Å². The number of nitrogens with zero attached hydrogens (tertiary/aromatic N) is 4. The van der Waals surface area contributed by atoms with Crippen LogP contribution >= 0.6 is 23.1 Å². The number of hydrogen-bond donors (Lipinski definition) is 3. The normalized spacial score (nSPS) is 17.4. The fraction of sp³-hybridized carbons (Fsp3) is 0.385. The monoisotopic (exact) mass is 540 g/mol. The molecule has 4 heterocycles. The zero-order chi connectivity index (χ0) is 25.6. The minimum atomic E-state index is 0.112. The molecule has 0 radical (unpaired) electrons. The van der Waals surface area contributed by atoms with E-state index in [1.165, 1.54) is 11.3 Å². The number of thiazole rings is 1. The van der Waals surface area contributed by atoms with Gasteiger partial charge in [-0.05, 0) is 57.0 Å². The van der Waals surface area contributed by atoms with E-state index in [1.54, 1.807) is 11.8 Å². The summed E-state index contributed by atoms with van der Waals surface area (Å²) in [6, 6.07) is 11.8. The molecule has 0 saturated carbocycles. The van der Waals surface area contributed by atoms with Crippen molar-refractivity contribution in [3.63, 3.8) is 0 Å². The molecule has 1 unspecified atom stereocenters. The predicted molar refractivity (Wildman–Crippen MR) is 147 cm³/mol. The van der Waals surface area contributed by atoms with E-state index in [0.29, 0.717) is 17.5 Å². The number of piperidine rings is 1. The van der Waals surface area contributed by atoms with Crippen molar-refractivity contribution < 1.29 is 14.7 Å². The highest BCUT2D eigenvalue weighted by Crippen LogP contribution is 2.41. The number of hydrogen-bond acceptors (Lipinski definition) is 11. The smallest absolute Gasteiger partial charge is 0.188 e. The number of para-hydroxylation sites is 1. The van der Waals surface area contributed by atoms with Gasteiger partial charge in [0, 0.05) is 30.1 Å². The maximum Gasteiger partial charge on any atom is 0.188 e. The molecular formula is C26H32N6O3S2. The molecule has 11 heteroatoms. The molecule has 37 heavy (non-hydrogen) atoms. The Labute approximate surface area is 225 Å². The van der Waals surface area contributed by atoms with Crippen LogP contribution in [0.5, 0.6) is 11.5 Å². The molecule has 0 aliphatic carbocycles. The van der Waals surface area contributed by atoms with E-state index in [1.807, 2.05) is 73.2 Å². The summed E-state index contributed by atoms with van der Waals surface area (Å²) in [5.74, 6) is 3.32. The molecule has 3 aromatic rings. The number of thioether (sulfide) groups is 1. The number of likely N-dealkylation sites (tertiary alicyclic amines) is 1. The highest BCUT2D eigenvalue weighted by atomic mass is 32.2. The van der Waals surface area contributed by atoms with Crippen LogP contribution < -0.4 is 15.6 Å². The van der Waals surface area contributed by atoms with Crippen molar-refractivity contribution in [1.29, 1.82) is 0 Å². The van der Waals surface area contributed by atoms with Gasteiger partial charge in [0.25, 0.3) is 0 Å². The van der Waals surface area contributed by atoms with Gasteiger partial charge in [-0.3, -0.25) is 5.01 Å². The Balaban J connectivity index is 1.40. The fourth-order valence-corrected chi connectivity index (χ4v) is 6.40. The number of β-amino-alcohol motifs (C(OH)–C–C–N with tert-alkyl or cyclic N) is 1. The first-order valence-electron chi connectivity index (χ1n) is 12.4. The molecule has 9 nitrogen and oxygen atoms in total. The van der Waals surface area contributed by atoms with Gasteiger partial charge < -0.3 is 24.9 Å². The lowest BCUT2D eigenvalue weighted by molar-refractivity contribution is 0.0290. The van der Waals surface area contributed by atoms with Crippen LogP contribution in [-0.4, -0.2) is 63.5 Å². The van der Waals surface area contributed by atoms with Crippen LogP contribution in [0.25, 0.3) is 0 Å². The Morgan fingerprint density at radius 2 is 2.11 bits per heavy atom. The van der Waals surface area contributed by atoms with Crippen LogP contribution in [0.3, 0.4) is 0 Å². The first kappa shape index (κ1) is 25.8. The number of aromatic nitrogens is 2. The lowest BCUT2D eigenvalue weighted by Gasteiger charge is -2.35. The van der Waals surface area contributed by atoms with E-state index in [0.717, 1.165) is 59.7 Å². The van der Waals surface area contributed by atoms with Gasteiger partial charge in [-0.1, -0.05) is 23.8 Å². The standard InChI is InChI=1S/C26H32N6O3S2/c1-18-17-36-26(28-18)29-25-22(34-20-6-4-3-5-7-20)14-21(15-27-25)37-24(23-16-31(2)30-35-23)19-8-10-32(11-9-19)12-13-33/h3-7,14-17,19,24,30,33H,8-13H2,1-2H3,(H,27,28,29). The zero-order valence-corrected chi connectivity index (χ0v) is 22.6. The molecule has 2 aliphatic heterocycles. The van der Waals surface area contributed by atoms with Crippen molar-refractivity contribution in [3.8, 4) is 11.5 Å². The lowest BCUT2D eigenvalue weighted by atomic mass is 9.92. The molecule has 1 fully saturated rings. The molecule has 2 aromatic heterocycles. The second kappa shape index (κ2) is 12.1. The Morgan fingerprint density at radius 3 is 2.78 bits per heavy atom. The number of aryl methyl sites for hydroxylation is 1. The van der Waals surface area contributed by atoms with Crippen molar-refractivity contribution >= 4 is 34.0 Å². The van der Waals surface area contributed by atoms with Crippen molar-refractivity contribution in [2.75, 3.05) is 38.6 Å². The van der Waals surface area contributed by atoms with Gasteiger partial charge in [-0.25, -0.2) is 9.97 Å². The number of anilines is 2. The van der Waals surface area contributed by atoms with Crippen LogP contribution in [0.2, 0.25) is 0 Å². The summed E-state index contributed by atoms with van der Waals surface area (Å²) in [5, 5.41) is 17.4. The minimum Gasteiger partial charge on any atom is -0.453 e. The number of aliphatic hydroxyl groups is 1. The Hall–Kier alpha value is -2.83. The average molecular weight is 541 g/mol. The number of rotatable bonds is 10. The van der Waals surface area contributed by atoms with Gasteiger partial charge in [0.1, 0.15) is 5.75 Å². The molecule has 0 bridgehead atoms. The molecule has 196 valence electrons. The van der Waals surface area contributed by atoms with Gasteiger partial charge in [-0.2, -0.15) is 0 Å². The lowest BCUT2D eigenvalue weighted by Crippen LogP contribution is -2.39. The fourth-order valence-electron chi connectivity index (χ4n) is 4.44. The molecule has 1 saturated heterocycles. The van der Waals surface area contributed by atoms with Crippen molar-refractivity contribution in [2.24, 2.45) is 5.92 Å². The van der Waals surface area contributed by atoms with Gasteiger partial charge in [0.15, 0.2) is 22.5 Å². The van der Waals surface area contributed by atoms with Gasteiger partial charge in [0.2, 0.25) is 0 Å². The highest BCUT2D eigenvalue weighted by Gasteiger charge is 2.33. The average Bonchev–Trinajstić information content (AvgIpc) is 3.53. The molecule has 5 rings (SSSR count). The van der Waals surface area contributed by atoms with Crippen LogP contribution in [0.4, 0.5) is 10.9 Å². The number of hydrazine groups is 1. The van der Waals surface area contributed by atoms with E-state index < -0.39 is 0 Å². The minimum absolute atomic E-state index is 0.112. The Bertz CT molecular complexity index is 1200. The first-order valence-corrected chi connectivity index (χ1v) is 14.1. The maximum absolute atomic E-state index is 9.32. The molecule has 3 N–H and O–H groups in total. The Morgan fingerprint density at radius 1 is 1.30 bits per heavy atom. The first-order chi connectivity index (χ1) is 18.1. The summed E-state index contributed by atoms with van der Waals surface area (Å²) in [6.45, 7) is 4.83. The maximum atomic E-state index is 9.32. The van der Waals surface area contributed by atoms with E-state index in [2.05, 4.69) is 20.8 Å². The molecule has 1 atom stereocenters. The number of nitrogens with one attached hydrogen (secondary N) is 2. The number of benzene rings is 1. The largest absolute Gasteiger partial charge is 0.453 e. The molecular weight excluding hydrogens is 508 g/mol. The van der Waals surface area contributed by atoms with Gasteiger partial charge in [0.05, 0.1) is 23.8 Å². The van der Waals surface area contributed by atoms with E-state index in [4.69, 9.17) is 14.6 Å². The third-order valence-electron chi connectivity index (χ3n) is 6.29. The molecule has 2 aliphatic rings. The summed E-state index contributed by atoms with van der Waals surface area (Å²) >= 11 is 3.28. The Kier molecular flexibility index (Phi) is 8.47.